The van der Waals surface area contributed by atoms with E-state index < -0.39 is 35.2 Å². The summed E-state index contributed by atoms with van der Waals surface area (Å²) in [5, 5.41) is 10.1. The van der Waals surface area contributed by atoms with Crippen molar-refractivity contribution in [2.45, 2.75) is 12.1 Å². The fourth-order valence-corrected chi connectivity index (χ4v) is 5.29. The summed E-state index contributed by atoms with van der Waals surface area (Å²) in [4.78, 5) is 44.3. The Hall–Kier alpha value is -4.30. The van der Waals surface area contributed by atoms with Crippen molar-refractivity contribution in [1.82, 2.24) is 4.90 Å². The average molecular weight is 470 g/mol. The summed E-state index contributed by atoms with van der Waals surface area (Å²) >= 11 is 0. The van der Waals surface area contributed by atoms with E-state index in [0.29, 0.717) is 11.3 Å². The number of para-hydroxylation sites is 2. The van der Waals surface area contributed by atoms with E-state index >= 15 is 0 Å². The number of benzene rings is 3. The minimum absolute atomic E-state index is 0.0804. The first-order valence-corrected chi connectivity index (χ1v) is 11.1. The second-order valence-electron chi connectivity index (χ2n) is 8.52. The van der Waals surface area contributed by atoms with Gasteiger partial charge in [-0.1, -0.05) is 48.5 Å². The molecule has 0 saturated carbocycles. The second-order valence-corrected chi connectivity index (χ2v) is 8.52. The summed E-state index contributed by atoms with van der Waals surface area (Å²) in [6.07, 6.45) is 0. The molecule has 0 fully saturated rings. The van der Waals surface area contributed by atoms with E-state index in [1.54, 1.807) is 66.7 Å². The molecule has 1 N–H and O–H groups in total. The molecule has 35 heavy (non-hydrogen) atoms. The van der Waals surface area contributed by atoms with Gasteiger partial charge in [0.25, 0.3) is 11.8 Å². The molecular weight excluding hydrogens is 451 g/mol. The molecule has 8 heteroatoms. The Balaban J connectivity index is 1.66. The van der Waals surface area contributed by atoms with Crippen molar-refractivity contribution in [1.29, 1.82) is 0 Å². The van der Waals surface area contributed by atoms with Gasteiger partial charge in [0, 0.05) is 17.7 Å². The first-order valence-electron chi connectivity index (χ1n) is 11.1. The molecule has 1 spiro atoms. The summed E-state index contributed by atoms with van der Waals surface area (Å²) in [5.74, 6) is -1.93. The Morgan fingerprint density at radius 3 is 2.43 bits per heavy atom. The zero-order valence-electron chi connectivity index (χ0n) is 18.4. The van der Waals surface area contributed by atoms with Crippen LogP contribution < -0.4 is 10.3 Å². The van der Waals surface area contributed by atoms with Crippen LogP contribution in [0.3, 0.4) is 0 Å². The van der Waals surface area contributed by atoms with Gasteiger partial charge in [-0.3, -0.25) is 14.4 Å². The molecule has 1 aromatic heterocycles. The van der Waals surface area contributed by atoms with Gasteiger partial charge in [0.1, 0.15) is 11.4 Å². The van der Waals surface area contributed by atoms with Crippen LogP contribution in [0, 0.1) is 5.82 Å². The Labute approximate surface area is 198 Å². The van der Waals surface area contributed by atoms with E-state index in [1.165, 1.54) is 15.9 Å². The molecule has 3 heterocycles. The van der Waals surface area contributed by atoms with Crippen molar-refractivity contribution in [3.63, 3.8) is 0 Å². The molecule has 0 bridgehead atoms. The lowest BCUT2D eigenvalue weighted by Gasteiger charge is -2.33. The average Bonchev–Trinajstić information content (AvgIpc) is 3.26. The maximum Gasteiger partial charge on any atom is 0.291 e. The number of β-amino-alcohol motifs (C(OH)–C–C–N with tert-alkyl or cyclic N) is 1. The third kappa shape index (κ3) is 2.71. The zero-order valence-corrected chi connectivity index (χ0v) is 18.4. The molecule has 0 radical (unpaired) electrons. The highest BCUT2D eigenvalue weighted by atomic mass is 19.1. The van der Waals surface area contributed by atoms with Crippen molar-refractivity contribution >= 4 is 28.5 Å². The van der Waals surface area contributed by atoms with Crippen molar-refractivity contribution < 1.29 is 23.5 Å². The number of fused-ring (bicyclic) bond motifs is 5. The smallest absolute Gasteiger partial charge is 0.291 e. The summed E-state index contributed by atoms with van der Waals surface area (Å²) in [6.45, 7) is -0.732. The SMILES string of the molecule is O=C1c2oc3ccccc3c(=O)c2C2(C(=O)N(Cc3ccccc3F)c3ccccc32)N1CCO. The van der Waals surface area contributed by atoms with E-state index in [9.17, 15) is 23.9 Å². The standard InChI is InChI=1S/C27H19FN2O5/c28-19-10-4-1-7-16(19)15-29-20-11-5-3-9-18(20)27(26(29)34)22-23(32)17-8-2-6-12-21(17)35-24(22)25(33)30(27)13-14-31/h1-12,31H,13-15H2. The molecule has 4 aromatic rings. The third-order valence-electron chi connectivity index (χ3n) is 6.75. The van der Waals surface area contributed by atoms with Crippen LogP contribution in [-0.2, 0) is 16.9 Å². The zero-order chi connectivity index (χ0) is 24.3. The molecule has 0 saturated heterocycles. The predicted octanol–water partition coefficient (Wildman–Crippen LogP) is 3.17. The van der Waals surface area contributed by atoms with E-state index in [0.717, 1.165) is 0 Å². The van der Waals surface area contributed by atoms with Crippen LogP contribution >= 0.6 is 0 Å². The summed E-state index contributed by atoms with van der Waals surface area (Å²) < 4.78 is 20.4. The van der Waals surface area contributed by atoms with Crippen molar-refractivity contribution in [3.8, 4) is 0 Å². The van der Waals surface area contributed by atoms with Gasteiger partial charge in [-0.15, -0.1) is 0 Å². The minimum Gasteiger partial charge on any atom is -0.450 e. The van der Waals surface area contributed by atoms with E-state index in [-0.39, 0.29) is 40.9 Å². The highest BCUT2D eigenvalue weighted by Gasteiger charge is 2.64. The molecule has 2 aliphatic rings. The summed E-state index contributed by atoms with van der Waals surface area (Å²) in [5.41, 5.74) is -1.03. The maximum atomic E-state index is 14.6. The Kier molecular flexibility index (Phi) is 4.62. The molecule has 7 nitrogen and oxygen atoms in total. The number of aliphatic hydroxyl groups excluding tert-OH is 1. The van der Waals surface area contributed by atoms with Crippen LogP contribution in [0.5, 0.6) is 0 Å². The molecule has 0 aliphatic carbocycles. The molecule has 2 aliphatic heterocycles. The van der Waals surface area contributed by atoms with Crippen LogP contribution in [0.15, 0.2) is 82.0 Å². The van der Waals surface area contributed by atoms with Gasteiger partial charge >= 0.3 is 0 Å². The van der Waals surface area contributed by atoms with Gasteiger partial charge in [0.15, 0.2) is 11.0 Å². The maximum absolute atomic E-state index is 14.6. The number of carbonyl (C=O) groups excluding carboxylic acids is 2. The second kappa shape index (κ2) is 7.61. The number of amides is 2. The van der Waals surface area contributed by atoms with Gasteiger partial charge in [0.05, 0.1) is 29.8 Å². The largest absolute Gasteiger partial charge is 0.450 e. The van der Waals surface area contributed by atoms with Crippen LogP contribution in [0.1, 0.15) is 27.2 Å². The van der Waals surface area contributed by atoms with Gasteiger partial charge in [0.2, 0.25) is 5.76 Å². The quantitative estimate of drug-likeness (QED) is 0.495. The Morgan fingerprint density at radius 1 is 0.914 bits per heavy atom. The number of hydrogen-bond acceptors (Lipinski definition) is 5. The van der Waals surface area contributed by atoms with Gasteiger partial charge in [-0.05, 0) is 24.3 Å². The number of anilines is 1. The van der Waals surface area contributed by atoms with E-state index in [1.807, 2.05) is 0 Å². The van der Waals surface area contributed by atoms with E-state index in [4.69, 9.17) is 4.42 Å². The molecular formula is C27H19FN2O5. The van der Waals surface area contributed by atoms with Gasteiger partial charge in [-0.2, -0.15) is 0 Å². The first-order chi connectivity index (χ1) is 17.0. The summed E-state index contributed by atoms with van der Waals surface area (Å²) in [6, 6.07) is 19.5. The highest BCUT2D eigenvalue weighted by Crippen LogP contribution is 2.52. The number of nitrogens with zero attached hydrogens (tertiary/aromatic N) is 2. The lowest BCUT2D eigenvalue weighted by Crippen LogP contribution is -2.54. The number of halogens is 1. The van der Waals surface area contributed by atoms with Crippen LogP contribution in [0.2, 0.25) is 0 Å². The number of aliphatic hydroxyl groups is 1. The Morgan fingerprint density at radius 2 is 1.63 bits per heavy atom. The van der Waals surface area contributed by atoms with Crippen molar-refractivity contribution in [3.05, 3.63) is 111 Å². The van der Waals surface area contributed by atoms with Crippen LogP contribution in [-0.4, -0.2) is 35.0 Å². The van der Waals surface area contributed by atoms with Gasteiger partial charge < -0.3 is 19.3 Å². The highest BCUT2D eigenvalue weighted by molar-refractivity contribution is 6.17. The predicted molar refractivity (Wildman–Crippen MR) is 125 cm³/mol. The number of rotatable bonds is 4. The Bertz CT molecular complexity index is 1600. The molecule has 6 rings (SSSR count). The normalized spacial score (nSPS) is 18.6. The first kappa shape index (κ1) is 21.2. The fraction of sp³-hybridized carbons (Fsp3) is 0.148. The molecule has 1 unspecified atom stereocenters. The van der Waals surface area contributed by atoms with Crippen LogP contribution in [0.25, 0.3) is 11.0 Å². The molecule has 1 atom stereocenters. The van der Waals surface area contributed by atoms with Crippen molar-refractivity contribution in [2.24, 2.45) is 0 Å². The minimum atomic E-state index is -1.83. The van der Waals surface area contributed by atoms with E-state index in [2.05, 4.69) is 0 Å². The van der Waals surface area contributed by atoms with Gasteiger partial charge in [-0.25, -0.2) is 4.39 Å². The number of hydrogen-bond donors (Lipinski definition) is 1. The number of carbonyl (C=O) groups is 2. The van der Waals surface area contributed by atoms with Crippen molar-refractivity contribution in [2.75, 3.05) is 18.1 Å². The fourth-order valence-electron chi connectivity index (χ4n) is 5.29. The topological polar surface area (TPSA) is 91.1 Å². The lowest BCUT2D eigenvalue weighted by atomic mass is 9.84. The molecule has 3 aromatic carbocycles. The monoisotopic (exact) mass is 470 g/mol. The lowest BCUT2D eigenvalue weighted by molar-refractivity contribution is -0.126. The summed E-state index contributed by atoms with van der Waals surface area (Å²) in [7, 11) is 0. The molecule has 2 amide bonds. The molecule has 174 valence electrons. The third-order valence-corrected chi connectivity index (χ3v) is 6.75. The van der Waals surface area contributed by atoms with Crippen LogP contribution in [0.4, 0.5) is 10.1 Å².